The predicted octanol–water partition coefficient (Wildman–Crippen LogP) is 4.66. The Morgan fingerprint density at radius 2 is 1.65 bits per heavy atom. The number of hydrogen-bond acceptors (Lipinski definition) is 2. The summed E-state index contributed by atoms with van der Waals surface area (Å²) in [6.07, 6.45) is 1.11. The summed E-state index contributed by atoms with van der Waals surface area (Å²) in [5, 5.41) is 2.93. The minimum absolute atomic E-state index is 0.115. The summed E-state index contributed by atoms with van der Waals surface area (Å²) in [7, 11) is 0. The first-order valence-electron chi connectivity index (χ1n) is 8.16. The van der Waals surface area contributed by atoms with Gasteiger partial charge in [-0.05, 0) is 67.6 Å². The summed E-state index contributed by atoms with van der Waals surface area (Å²) >= 11 is 0. The van der Waals surface area contributed by atoms with Crippen molar-refractivity contribution in [1.82, 2.24) is 0 Å². The number of anilines is 1. The van der Waals surface area contributed by atoms with Crippen LogP contribution in [0.1, 0.15) is 37.0 Å². The van der Waals surface area contributed by atoms with Gasteiger partial charge in [-0.3, -0.25) is 4.79 Å². The smallest absolute Gasteiger partial charge is 0.265 e. The van der Waals surface area contributed by atoms with E-state index in [2.05, 4.69) is 18.3 Å². The van der Waals surface area contributed by atoms with Gasteiger partial charge in [0, 0.05) is 5.69 Å². The Morgan fingerprint density at radius 1 is 1.04 bits per heavy atom. The summed E-state index contributed by atoms with van der Waals surface area (Å²) in [4.78, 5) is 12.4. The number of amides is 1. The molecule has 0 aliphatic rings. The minimum atomic E-state index is -0.498. The van der Waals surface area contributed by atoms with Crippen molar-refractivity contribution < 1.29 is 9.53 Å². The third kappa shape index (κ3) is 4.85. The summed E-state index contributed by atoms with van der Waals surface area (Å²) < 4.78 is 5.89. The summed E-state index contributed by atoms with van der Waals surface area (Å²) in [6.45, 7) is 8.11. The molecule has 0 saturated heterocycles. The van der Waals surface area contributed by atoms with Crippen LogP contribution in [0.2, 0.25) is 0 Å². The molecule has 0 spiro atoms. The van der Waals surface area contributed by atoms with Gasteiger partial charge in [-0.25, -0.2) is 0 Å². The van der Waals surface area contributed by atoms with Crippen LogP contribution in [0.25, 0.3) is 0 Å². The molecule has 0 aliphatic heterocycles. The molecule has 3 nitrogen and oxygen atoms in total. The fraction of sp³-hybridized carbons (Fsp3) is 0.350. The molecule has 0 aromatic heterocycles. The maximum Gasteiger partial charge on any atom is 0.265 e. The van der Waals surface area contributed by atoms with Crippen molar-refractivity contribution in [3.8, 4) is 5.75 Å². The van der Waals surface area contributed by atoms with E-state index >= 15 is 0 Å². The lowest BCUT2D eigenvalue weighted by atomic mass is 10.1. The molecule has 122 valence electrons. The monoisotopic (exact) mass is 311 g/mol. The second-order valence-corrected chi connectivity index (χ2v) is 5.88. The molecule has 23 heavy (non-hydrogen) atoms. The molecule has 0 fully saturated rings. The van der Waals surface area contributed by atoms with Crippen molar-refractivity contribution in [1.29, 1.82) is 0 Å². The zero-order valence-corrected chi connectivity index (χ0v) is 14.3. The Bertz CT molecular complexity index is 642. The first-order chi connectivity index (χ1) is 11.0. The van der Waals surface area contributed by atoms with Crippen LogP contribution >= 0.6 is 0 Å². The van der Waals surface area contributed by atoms with E-state index in [0.717, 1.165) is 29.0 Å². The van der Waals surface area contributed by atoms with Crippen molar-refractivity contribution >= 4 is 11.6 Å². The standard InChI is InChI=1S/C20H25NO2/c1-5-16-7-9-17(10-8-16)21-20(22)19(6-2)23-18-12-14(3)11-15(4)13-18/h7-13,19H,5-6H2,1-4H3,(H,21,22)/t19-/m0/s1. The molecule has 0 bridgehead atoms. The van der Waals surface area contributed by atoms with Gasteiger partial charge in [-0.1, -0.05) is 32.0 Å². The molecule has 0 aliphatic carbocycles. The van der Waals surface area contributed by atoms with E-state index in [1.165, 1.54) is 5.56 Å². The Balaban J connectivity index is 2.05. The van der Waals surface area contributed by atoms with Gasteiger partial charge in [0.15, 0.2) is 6.10 Å². The maximum atomic E-state index is 12.4. The topological polar surface area (TPSA) is 38.3 Å². The molecule has 1 amide bonds. The highest BCUT2D eigenvalue weighted by molar-refractivity contribution is 5.94. The fourth-order valence-corrected chi connectivity index (χ4v) is 2.53. The van der Waals surface area contributed by atoms with Crippen molar-refractivity contribution in [3.05, 3.63) is 59.2 Å². The predicted molar refractivity (Wildman–Crippen MR) is 95.1 cm³/mol. The molecule has 1 N–H and O–H groups in total. The summed E-state index contributed by atoms with van der Waals surface area (Å²) in [5.41, 5.74) is 4.31. The number of ether oxygens (including phenoxy) is 1. The molecule has 2 aromatic rings. The third-order valence-electron chi connectivity index (χ3n) is 3.77. The van der Waals surface area contributed by atoms with Crippen molar-refractivity contribution in [2.75, 3.05) is 5.32 Å². The highest BCUT2D eigenvalue weighted by atomic mass is 16.5. The molecule has 2 rings (SSSR count). The van der Waals surface area contributed by atoms with Crippen molar-refractivity contribution in [2.45, 2.75) is 46.6 Å². The number of aryl methyl sites for hydroxylation is 3. The van der Waals surface area contributed by atoms with Gasteiger partial charge in [0.1, 0.15) is 5.75 Å². The van der Waals surface area contributed by atoms with Crippen LogP contribution in [0.15, 0.2) is 42.5 Å². The van der Waals surface area contributed by atoms with Gasteiger partial charge in [0.2, 0.25) is 0 Å². The largest absolute Gasteiger partial charge is 0.481 e. The van der Waals surface area contributed by atoms with Crippen LogP contribution in [0.3, 0.4) is 0 Å². The number of hydrogen-bond donors (Lipinski definition) is 1. The minimum Gasteiger partial charge on any atom is -0.481 e. The number of carbonyl (C=O) groups excluding carboxylic acids is 1. The molecule has 3 heteroatoms. The zero-order valence-electron chi connectivity index (χ0n) is 14.3. The number of nitrogens with one attached hydrogen (secondary N) is 1. The summed E-state index contributed by atoms with van der Waals surface area (Å²) in [5.74, 6) is 0.627. The first-order valence-corrected chi connectivity index (χ1v) is 8.16. The molecular formula is C20H25NO2. The van der Waals surface area contributed by atoms with E-state index in [1.54, 1.807) is 0 Å². The summed E-state index contributed by atoms with van der Waals surface area (Å²) in [6, 6.07) is 13.9. The molecular weight excluding hydrogens is 286 g/mol. The second kappa shape index (κ2) is 7.82. The Kier molecular flexibility index (Phi) is 5.80. The average Bonchev–Trinajstić information content (AvgIpc) is 2.52. The van der Waals surface area contributed by atoms with Crippen LogP contribution in [-0.2, 0) is 11.2 Å². The number of rotatable bonds is 6. The van der Waals surface area contributed by atoms with E-state index in [-0.39, 0.29) is 5.91 Å². The molecule has 2 aromatic carbocycles. The number of carbonyl (C=O) groups is 1. The molecule has 0 unspecified atom stereocenters. The highest BCUT2D eigenvalue weighted by Crippen LogP contribution is 2.19. The lowest BCUT2D eigenvalue weighted by Gasteiger charge is -2.18. The van der Waals surface area contributed by atoms with E-state index in [4.69, 9.17) is 4.74 Å². The Labute approximate surface area is 138 Å². The Hall–Kier alpha value is -2.29. The average molecular weight is 311 g/mol. The molecule has 1 atom stereocenters. The Morgan fingerprint density at radius 3 is 2.17 bits per heavy atom. The van der Waals surface area contributed by atoms with Gasteiger partial charge >= 0.3 is 0 Å². The third-order valence-corrected chi connectivity index (χ3v) is 3.77. The van der Waals surface area contributed by atoms with Crippen molar-refractivity contribution in [2.24, 2.45) is 0 Å². The van der Waals surface area contributed by atoms with Gasteiger partial charge in [0.05, 0.1) is 0 Å². The quantitative estimate of drug-likeness (QED) is 0.842. The van der Waals surface area contributed by atoms with Gasteiger partial charge in [-0.15, -0.1) is 0 Å². The van der Waals surface area contributed by atoms with Gasteiger partial charge in [0.25, 0.3) is 5.91 Å². The van der Waals surface area contributed by atoms with Crippen LogP contribution < -0.4 is 10.1 Å². The molecule has 0 heterocycles. The fourth-order valence-electron chi connectivity index (χ4n) is 2.53. The van der Waals surface area contributed by atoms with Crippen LogP contribution in [0.4, 0.5) is 5.69 Å². The van der Waals surface area contributed by atoms with Gasteiger partial charge < -0.3 is 10.1 Å². The molecule has 0 radical (unpaired) electrons. The second-order valence-electron chi connectivity index (χ2n) is 5.88. The zero-order chi connectivity index (χ0) is 16.8. The van der Waals surface area contributed by atoms with Crippen LogP contribution in [0, 0.1) is 13.8 Å². The van der Waals surface area contributed by atoms with E-state index in [0.29, 0.717) is 6.42 Å². The number of benzene rings is 2. The SMILES string of the molecule is CCc1ccc(NC(=O)[C@H](CC)Oc2cc(C)cc(C)c2)cc1. The van der Waals surface area contributed by atoms with E-state index in [9.17, 15) is 4.79 Å². The maximum absolute atomic E-state index is 12.4. The van der Waals surface area contributed by atoms with Crippen LogP contribution in [0.5, 0.6) is 5.75 Å². The van der Waals surface area contributed by atoms with E-state index in [1.807, 2.05) is 57.2 Å². The van der Waals surface area contributed by atoms with Crippen LogP contribution in [-0.4, -0.2) is 12.0 Å². The van der Waals surface area contributed by atoms with Crippen molar-refractivity contribution in [3.63, 3.8) is 0 Å². The lowest BCUT2D eigenvalue weighted by molar-refractivity contribution is -0.122. The van der Waals surface area contributed by atoms with Gasteiger partial charge in [-0.2, -0.15) is 0 Å². The highest BCUT2D eigenvalue weighted by Gasteiger charge is 2.18. The normalized spacial score (nSPS) is 11.8. The van der Waals surface area contributed by atoms with E-state index < -0.39 is 6.10 Å². The first kappa shape index (κ1) is 17.1. The lowest BCUT2D eigenvalue weighted by Crippen LogP contribution is -2.32. The molecule has 0 saturated carbocycles.